The van der Waals surface area contributed by atoms with Gasteiger partial charge in [0.05, 0.1) is 12.5 Å². The van der Waals surface area contributed by atoms with Crippen molar-refractivity contribution in [3.05, 3.63) is 12.2 Å². The molecular formula is C12H20NNaO3. The first-order chi connectivity index (χ1) is 7.56. The van der Waals surface area contributed by atoms with Gasteiger partial charge < -0.3 is 15.2 Å². The van der Waals surface area contributed by atoms with Gasteiger partial charge in [0.2, 0.25) is 0 Å². The average molecular weight is 249 g/mol. The van der Waals surface area contributed by atoms with Crippen LogP contribution in [-0.2, 0) is 4.79 Å². The van der Waals surface area contributed by atoms with Crippen molar-refractivity contribution in [3.63, 3.8) is 0 Å². The number of hydrogen-bond acceptors (Lipinski definition) is 3. The Morgan fingerprint density at radius 2 is 2.12 bits per heavy atom. The number of carbonyl (C=O) groups is 1. The maximum Gasteiger partial charge on any atom is 1.00 e. The Balaban J connectivity index is 0. The summed E-state index contributed by atoms with van der Waals surface area (Å²) in [7, 11) is 0. The van der Waals surface area contributed by atoms with Gasteiger partial charge >= 0.3 is 35.5 Å². The largest absolute Gasteiger partial charge is 1.00 e. The molecule has 5 heteroatoms. The number of aliphatic imine (C=N–C) groups is 1. The van der Waals surface area contributed by atoms with Gasteiger partial charge in [0.25, 0.3) is 0 Å². The van der Waals surface area contributed by atoms with E-state index in [0.29, 0.717) is 0 Å². The van der Waals surface area contributed by atoms with Crippen molar-refractivity contribution >= 4 is 11.9 Å². The van der Waals surface area contributed by atoms with Crippen molar-refractivity contribution in [2.45, 2.75) is 52.0 Å². The number of nitrogens with zero attached hydrogens (tertiary/aromatic N) is 1. The van der Waals surface area contributed by atoms with Crippen LogP contribution < -0.4 is 34.7 Å². The van der Waals surface area contributed by atoms with E-state index in [2.05, 4.69) is 11.9 Å². The first-order valence-corrected chi connectivity index (χ1v) is 5.66. The van der Waals surface area contributed by atoms with E-state index in [4.69, 9.17) is 5.11 Å². The van der Waals surface area contributed by atoms with Gasteiger partial charge in [-0.25, -0.2) is 0 Å². The monoisotopic (exact) mass is 249 g/mol. The first kappa shape index (κ1) is 19.0. The van der Waals surface area contributed by atoms with Crippen molar-refractivity contribution in [3.8, 4) is 0 Å². The number of carboxylic acid groups (broad SMARTS) is 1. The zero-order valence-corrected chi connectivity index (χ0v) is 13.0. The molecule has 92 valence electrons. The van der Waals surface area contributed by atoms with E-state index in [1.807, 2.05) is 6.08 Å². The summed E-state index contributed by atoms with van der Waals surface area (Å²) in [6.45, 7) is 3.74. The molecule has 0 radical (unpaired) electrons. The van der Waals surface area contributed by atoms with Crippen molar-refractivity contribution in [1.29, 1.82) is 0 Å². The second kappa shape index (κ2) is 12.1. The van der Waals surface area contributed by atoms with Gasteiger partial charge in [-0.05, 0) is 25.7 Å². The van der Waals surface area contributed by atoms with Crippen molar-refractivity contribution in [1.82, 2.24) is 0 Å². The van der Waals surface area contributed by atoms with Crippen LogP contribution in [0.4, 0.5) is 0 Å². The second-order valence-electron chi connectivity index (χ2n) is 3.79. The summed E-state index contributed by atoms with van der Waals surface area (Å²) in [5.41, 5.74) is 0. The Morgan fingerprint density at radius 3 is 2.65 bits per heavy atom. The predicted molar refractivity (Wildman–Crippen MR) is 62.4 cm³/mol. The van der Waals surface area contributed by atoms with Crippen LogP contribution in [0.1, 0.15) is 46.0 Å². The Labute approximate surface area is 125 Å². The summed E-state index contributed by atoms with van der Waals surface area (Å²) in [5, 5.41) is 19.7. The smallest absolute Gasteiger partial charge is 0.862 e. The third kappa shape index (κ3) is 13.6. The molecule has 0 saturated heterocycles. The Hall–Kier alpha value is -0.320. The third-order valence-corrected chi connectivity index (χ3v) is 2.02. The van der Waals surface area contributed by atoms with E-state index in [1.54, 1.807) is 13.0 Å². The van der Waals surface area contributed by atoms with E-state index in [-0.39, 0.29) is 48.3 Å². The number of aliphatic carboxylic acids is 1. The Morgan fingerprint density at radius 1 is 1.47 bits per heavy atom. The summed E-state index contributed by atoms with van der Waals surface area (Å²) in [4.78, 5) is 14.1. The predicted octanol–water partition coefficient (Wildman–Crippen LogP) is -1.25. The standard InChI is InChI=1S/C12H21NO3.Na/c1-3-4-5-6-7-8-11(14)13-10(2)9-12(15)16;/h6-7,10H,3-5,8-9H2,1-2H3,(H,13,14)(H,15,16);/q;+1/p-1/b7-6+;. The van der Waals surface area contributed by atoms with Crippen LogP contribution in [0, 0.1) is 0 Å². The van der Waals surface area contributed by atoms with Crippen LogP contribution in [0.15, 0.2) is 17.1 Å². The molecule has 0 aliphatic heterocycles. The normalized spacial score (nSPS) is 13.4. The maximum atomic E-state index is 11.3. The summed E-state index contributed by atoms with van der Waals surface area (Å²) in [6.07, 6.45) is 7.19. The minimum absolute atomic E-state index is 0. The molecule has 0 rings (SSSR count). The van der Waals surface area contributed by atoms with Crippen LogP contribution >= 0.6 is 0 Å². The molecular weight excluding hydrogens is 229 g/mol. The van der Waals surface area contributed by atoms with Crippen LogP contribution in [0.2, 0.25) is 0 Å². The third-order valence-electron chi connectivity index (χ3n) is 2.02. The molecule has 4 nitrogen and oxygen atoms in total. The molecule has 1 atom stereocenters. The molecule has 0 aromatic heterocycles. The van der Waals surface area contributed by atoms with Gasteiger partial charge in [-0.15, -0.1) is 0 Å². The first-order valence-electron chi connectivity index (χ1n) is 5.66. The molecule has 0 fully saturated rings. The van der Waals surface area contributed by atoms with Crippen LogP contribution in [-0.4, -0.2) is 23.0 Å². The van der Waals surface area contributed by atoms with Gasteiger partial charge in [-0.1, -0.05) is 31.9 Å². The fourth-order valence-electron chi connectivity index (χ4n) is 1.22. The zero-order chi connectivity index (χ0) is 12.4. The SMILES string of the molecule is CCCC/C=C/CC([O-])=NC(C)CC(=O)O.[Na+]. The average Bonchev–Trinajstić information content (AvgIpc) is 2.15. The Bertz CT molecular complexity index is 264. The summed E-state index contributed by atoms with van der Waals surface area (Å²) in [5.74, 6) is -1.18. The number of rotatable bonds is 8. The number of unbranched alkanes of at least 4 members (excludes halogenated alkanes) is 2. The maximum absolute atomic E-state index is 11.3. The molecule has 0 aliphatic carbocycles. The van der Waals surface area contributed by atoms with E-state index >= 15 is 0 Å². The van der Waals surface area contributed by atoms with E-state index in [1.165, 1.54) is 0 Å². The molecule has 0 aromatic carbocycles. The molecule has 17 heavy (non-hydrogen) atoms. The number of allylic oxidation sites excluding steroid dienone is 1. The molecule has 0 aliphatic rings. The zero-order valence-electron chi connectivity index (χ0n) is 11.0. The summed E-state index contributed by atoms with van der Waals surface area (Å²) >= 11 is 0. The molecule has 0 aromatic rings. The van der Waals surface area contributed by atoms with Gasteiger partial charge in [0.15, 0.2) is 0 Å². The summed E-state index contributed by atoms with van der Waals surface area (Å²) < 4.78 is 0. The quantitative estimate of drug-likeness (QED) is 0.192. The minimum Gasteiger partial charge on any atom is -0.862 e. The fraction of sp³-hybridized carbons (Fsp3) is 0.667. The summed E-state index contributed by atoms with van der Waals surface area (Å²) in [6, 6.07) is -0.436. The molecule has 0 bridgehead atoms. The molecule has 1 N–H and O–H groups in total. The second-order valence-corrected chi connectivity index (χ2v) is 3.79. The molecule has 0 amide bonds. The fourth-order valence-corrected chi connectivity index (χ4v) is 1.22. The van der Waals surface area contributed by atoms with E-state index in [9.17, 15) is 9.90 Å². The molecule has 1 unspecified atom stereocenters. The van der Waals surface area contributed by atoms with Gasteiger partial charge in [-0.2, -0.15) is 0 Å². The van der Waals surface area contributed by atoms with E-state index < -0.39 is 12.0 Å². The number of hydrogen-bond donors (Lipinski definition) is 1. The van der Waals surface area contributed by atoms with Gasteiger partial charge in [-0.3, -0.25) is 4.79 Å². The van der Waals surface area contributed by atoms with Gasteiger partial charge in [0.1, 0.15) is 0 Å². The topological polar surface area (TPSA) is 72.7 Å². The van der Waals surface area contributed by atoms with Crippen LogP contribution in [0.5, 0.6) is 0 Å². The van der Waals surface area contributed by atoms with Crippen LogP contribution in [0.3, 0.4) is 0 Å². The van der Waals surface area contributed by atoms with Crippen molar-refractivity contribution < 1.29 is 44.6 Å². The minimum atomic E-state index is -0.928. The Kier molecular flexibility index (Phi) is 13.6. The van der Waals surface area contributed by atoms with Crippen molar-refractivity contribution in [2.24, 2.45) is 4.99 Å². The number of carboxylic acids is 1. The van der Waals surface area contributed by atoms with Crippen LogP contribution in [0.25, 0.3) is 0 Å². The molecule has 0 spiro atoms. The van der Waals surface area contributed by atoms with Crippen molar-refractivity contribution in [2.75, 3.05) is 0 Å². The van der Waals surface area contributed by atoms with Gasteiger partial charge in [0, 0.05) is 0 Å². The molecule has 0 heterocycles. The molecule has 0 saturated carbocycles. The van der Waals surface area contributed by atoms with E-state index in [0.717, 1.165) is 19.3 Å².